The van der Waals surface area contributed by atoms with Crippen molar-refractivity contribution in [3.63, 3.8) is 0 Å². The van der Waals surface area contributed by atoms with Crippen molar-refractivity contribution in [1.82, 2.24) is 10.3 Å². The molecule has 1 aromatic carbocycles. The standard InChI is InChI=1S/C17H22N2/c1-13-4-2-3-5-17(13)19-11-14-6-7-16-12-18-9-8-15(16)10-14/h6-10,12-13,17,19H,2-5,11H2,1H3. The molecule has 0 aliphatic heterocycles. The molecule has 0 radical (unpaired) electrons. The smallest absolute Gasteiger partial charge is 0.0346 e. The molecule has 2 aromatic rings. The Morgan fingerprint density at radius 1 is 1.16 bits per heavy atom. The van der Waals surface area contributed by atoms with Crippen molar-refractivity contribution < 1.29 is 0 Å². The van der Waals surface area contributed by atoms with E-state index < -0.39 is 0 Å². The molecule has 1 aromatic heterocycles. The molecule has 100 valence electrons. The molecule has 1 heterocycles. The maximum Gasteiger partial charge on any atom is 0.0346 e. The molecule has 2 atom stereocenters. The average Bonchev–Trinajstić information content (AvgIpc) is 2.46. The molecule has 2 nitrogen and oxygen atoms in total. The Bertz CT molecular complexity index is 550. The number of aromatic nitrogens is 1. The van der Waals surface area contributed by atoms with E-state index in [1.165, 1.54) is 42.0 Å². The number of benzene rings is 1. The Morgan fingerprint density at radius 3 is 2.95 bits per heavy atom. The van der Waals surface area contributed by atoms with E-state index in [0.29, 0.717) is 6.04 Å². The highest BCUT2D eigenvalue weighted by Gasteiger charge is 2.20. The molecule has 1 aliphatic rings. The van der Waals surface area contributed by atoms with Gasteiger partial charge in [0.25, 0.3) is 0 Å². The van der Waals surface area contributed by atoms with Crippen molar-refractivity contribution in [3.05, 3.63) is 42.2 Å². The zero-order valence-corrected chi connectivity index (χ0v) is 11.6. The lowest BCUT2D eigenvalue weighted by Gasteiger charge is -2.29. The number of nitrogens with one attached hydrogen (secondary N) is 1. The molecular formula is C17H22N2. The molecule has 0 amide bonds. The summed E-state index contributed by atoms with van der Waals surface area (Å²) in [6, 6.07) is 9.44. The summed E-state index contributed by atoms with van der Waals surface area (Å²) in [5, 5.41) is 6.24. The van der Waals surface area contributed by atoms with Gasteiger partial charge in [-0.25, -0.2) is 0 Å². The summed E-state index contributed by atoms with van der Waals surface area (Å²) in [6.45, 7) is 3.36. The third kappa shape index (κ3) is 2.95. The van der Waals surface area contributed by atoms with Gasteiger partial charge in [-0.1, -0.05) is 31.9 Å². The van der Waals surface area contributed by atoms with Gasteiger partial charge in [0, 0.05) is 30.4 Å². The van der Waals surface area contributed by atoms with E-state index in [4.69, 9.17) is 0 Å². The van der Waals surface area contributed by atoms with Gasteiger partial charge in [0.15, 0.2) is 0 Å². The van der Waals surface area contributed by atoms with Gasteiger partial charge in [-0.15, -0.1) is 0 Å². The van der Waals surface area contributed by atoms with E-state index in [1.54, 1.807) is 0 Å². The fraction of sp³-hybridized carbons (Fsp3) is 0.471. The van der Waals surface area contributed by atoms with Gasteiger partial charge < -0.3 is 5.32 Å². The summed E-state index contributed by atoms with van der Waals surface area (Å²) >= 11 is 0. The Balaban J connectivity index is 1.67. The molecule has 0 bridgehead atoms. The lowest BCUT2D eigenvalue weighted by atomic mass is 9.86. The molecule has 1 aliphatic carbocycles. The van der Waals surface area contributed by atoms with E-state index in [0.717, 1.165) is 12.5 Å². The maximum atomic E-state index is 4.16. The fourth-order valence-corrected chi connectivity index (χ4v) is 3.11. The second kappa shape index (κ2) is 5.70. The van der Waals surface area contributed by atoms with Crippen molar-refractivity contribution in [2.45, 2.75) is 45.2 Å². The minimum atomic E-state index is 0.696. The van der Waals surface area contributed by atoms with Crippen molar-refractivity contribution in [3.8, 4) is 0 Å². The molecule has 1 saturated carbocycles. The van der Waals surface area contributed by atoms with Gasteiger partial charge >= 0.3 is 0 Å². The summed E-state index contributed by atoms with van der Waals surface area (Å²) < 4.78 is 0. The van der Waals surface area contributed by atoms with Crippen LogP contribution in [0.2, 0.25) is 0 Å². The van der Waals surface area contributed by atoms with Gasteiger partial charge in [0.2, 0.25) is 0 Å². The summed E-state index contributed by atoms with van der Waals surface area (Å²) in [6.07, 6.45) is 9.28. The van der Waals surface area contributed by atoms with Gasteiger partial charge in [0.05, 0.1) is 0 Å². The lowest BCUT2D eigenvalue weighted by molar-refractivity contribution is 0.279. The second-order valence-corrected chi connectivity index (χ2v) is 5.81. The van der Waals surface area contributed by atoms with Crippen LogP contribution in [0, 0.1) is 5.92 Å². The van der Waals surface area contributed by atoms with Gasteiger partial charge in [-0.2, -0.15) is 0 Å². The van der Waals surface area contributed by atoms with Crippen LogP contribution in [0.5, 0.6) is 0 Å². The molecular weight excluding hydrogens is 232 g/mol. The first-order valence-electron chi connectivity index (χ1n) is 7.39. The van der Waals surface area contributed by atoms with Crippen LogP contribution in [0.15, 0.2) is 36.7 Å². The molecule has 0 saturated heterocycles. The summed E-state index contributed by atoms with van der Waals surface area (Å²) in [5.41, 5.74) is 1.37. The monoisotopic (exact) mass is 254 g/mol. The Kier molecular flexibility index (Phi) is 3.79. The van der Waals surface area contributed by atoms with Crippen LogP contribution in [0.4, 0.5) is 0 Å². The second-order valence-electron chi connectivity index (χ2n) is 5.81. The predicted octanol–water partition coefficient (Wildman–Crippen LogP) is 3.90. The molecule has 0 spiro atoms. The van der Waals surface area contributed by atoms with Crippen molar-refractivity contribution in [1.29, 1.82) is 0 Å². The van der Waals surface area contributed by atoms with Crippen molar-refractivity contribution >= 4 is 10.8 Å². The Hall–Kier alpha value is -1.41. The molecule has 3 rings (SSSR count). The number of hydrogen-bond donors (Lipinski definition) is 1. The zero-order valence-electron chi connectivity index (χ0n) is 11.6. The predicted molar refractivity (Wildman–Crippen MR) is 80.0 cm³/mol. The van der Waals surface area contributed by atoms with Crippen LogP contribution in [0.1, 0.15) is 38.2 Å². The summed E-state index contributed by atoms with van der Waals surface area (Å²) in [4.78, 5) is 4.16. The largest absolute Gasteiger partial charge is 0.310 e. The maximum absolute atomic E-state index is 4.16. The van der Waals surface area contributed by atoms with Gasteiger partial charge in [0.1, 0.15) is 0 Å². The number of hydrogen-bond acceptors (Lipinski definition) is 2. The number of nitrogens with zero attached hydrogens (tertiary/aromatic N) is 1. The van der Waals surface area contributed by atoms with E-state index in [1.807, 2.05) is 12.4 Å². The van der Waals surface area contributed by atoms with E-state index in [9.17, 15) is 0 Å². The first-order chi connectivity index (χ1) is 9.33. The van der Waals surface area contributed by atoms with Crippen LogP contribution in [-0.4, -0.2) is 11.0 Å². The van der Waals surface area contributed by atoms with Gasteiger partial charge in [-0.3, -0.25) is 4.98 Å². The van der Waals surface area contributed by atoms with Crippen LogP contribution in [-0.2, 0) is 6.54 Å². The first kappa shape index (κ1) is 12.6. The SMILES string of the molecule is CC1CCCCC1NCc1ccc2cnccc2c1. The summed E-state index contributed by atoms with van der Waals surface area (Å²) in [7, 11) is 0. The zero-order chi connectivity index (χ0) is 13.1. The third-order valence-corrected chi connectivity index (χ3v) is 4.38. The Labute approximate surface area is 115 Å². The van der Waals surface area contributed by atoms with Crippen LogP contribution >= 0.6 is 0 Å². The summed E-state index contributed by atoms with van der Waals surface area (Å²) in [5.74, 6) is 0.818. The van der Waals surface area contributed by atoms with Crippen molar-refractivity contribution in [2.24, 2.45) is 5.92 Å². The average molecular weight is 254 g/mol. The van der Waals surface area contributed by atoms with Crippen LogP contribution in [0.25, 0.3) is 10.8 Å². The topological polar surface area (TPSA) is 24.9 Å². The van der Waals surface area contributed by atoms with Gasteiger partial charge in [-0.05, 0) is 41.8 Å². The minimum Gasteiger partial charge on any atom is -0.310 e. The third-order valence-electron chi connectivity index (χ3n) is 4.38. The van der Waals surface area contributed by atoms with Crippen molar-refractivity contribution in [2.75, 3.05) is 0 Å². The molecule has 2 unspecified atom stereocenters. The molecule has 1 N–H and O–H groups in total. The minimum absolute atomic E-state index is 0.696. The lowest BCUT2D eigenvalue weighted by Crippen LogP contribution is -2.36. The van der Waals surface area contributed by atoms with E-state index in [-0.39, 0.29) is 0 Å². The number of pyridine rings is 1. The normalized spacial score (nSPS) is 23.6. The van der Waals surface area contributed by atoms with E-state index in [2.05, 4.69) is 41.5 Å². The quantitative estimate of drug-likeness (QED) is 0.898. The fourth-order valence-electron chi connectivity index (χ4n) is 3.11. The molecule has 2 heteroatoms. The Morgan fingerprint density at radius 2 is 2.05 bits per heavy atom. The highest BCUT2D eigenvalue weighted by Crippen LogP contribution is 2.24. The molecule has 1 fully saturated rings. The molecule has 19 heavy (non-hydrogen) atoms. The number of rotatable bonds is 3. The first-order valence-corrected chi connectivity index (χ1v) is 7.39. The number of fused-ring (bicyclic) bond motifs is 1. The van der Waals surface area contributed by atoms with Crippen LogP contribution < -0.4 is 5.32 Å². The van der Waals surface area contributed by atoms with Crippen LogP contribution in [0.3, 0.4) is 0 Å². The highest BCUT2D eigenvalue weighted by molar-refractivity contribution is 5.81. The van der Waals surface area contributed by atoms with E-state index >= 15 is 0 Å². The highest BCUT2D eigenvalue weighted by atomic mass is 14.9.